The van der Waals surface area contributed by atoms with Gasteiger partial charge in [-0.3, -0.25) is 0 Å². The van der Waals surface area contributed by atoms with Gasteiger partial charge in [-0.05, 0) is 87.0 Å². The van der Waals surface area contributed by atoms with E-state index >= 15 is 0 Å². The van der Waals surface area contributed by atoms with Crippen molar-refractivity contribution in [3.8, 4) is 0 Å². The predicted octanol–water partition coefficient (Wildman–Crippen LogP) is 2.84. The smallest absolute Gasteiger partial charge is 0.314 e. The molecule has 0 aliphatic rings. The molecule has 11 heteroatoms. The summed E-state index contributed by atoms with van der Waals surface area (Å²) in [4.78, 5) is 0. The van der Waals surface area contributed by atoms with Crippen LogP contribution in [0.3, 0.4) is 0 Å². The molecule has 6 nitrogen and oxygen atoms in total. The van der Waals surface area contributed by atoms with E-state index in [4.69, 9.17) is 27.9 Å². The number of nitrogen functional groups attached to an aromatic ring is 2. The third kappa shape index (κ3) is 8.78. The molecular weight excluding hydrogens is 473 g/mol. The largest absolute Gasteiger partial charge is 0.438 e. The molecule has 2 aromatic rings. The number of rotatable bonds is 10. The second kappa shape index (κ2) is 9.85. The van der Waals surface area contributed by atoms with Crippen LogP contribution in [0.5, 0.6) is 0 Å². The van der Waals surface area contributed by atoms with Crippen LogP contribution >= 0.6 is 0 Å². The second-order valence-electron chi connectivity index (χ2n) is 9.67. The van der Waals surface area contributed by atoms with Gasteiger partial charge in [0.05, 0.1) is 0 Å². The van der Waals surface area contributed by atoms with Crippen LogP contribution in [0.2, 0.25) is 52.4 Å². The minimum atomic E-state index is -2.45. The highest BCUT2D eigenvalue weighted by Gasteiger charge is 2.44. The Bertz CT molecular complexity index is 859. The summed E-state index contributed by atoms with van der Waals surface area (Å²) in [7, 11) is -10.2. The van der Waals surface area contributed by atoms with Crippen LogP contribution in [0.15, 0.2) is 48.5 Å². The van der Waals surface area contributed by atoms with Gasteiger partial charge in [0.25, 0.3) is 0 Å². The van der Waals surface area contributed by atoms with E-state index in [-0.39, 0.29) is 0 Å². The molecule has 0 amide bonds. The SMILES string of the molecule is C[Si](C)(O[SiH2]c1ccc(N)cc1)O[Si](C)(C)O[Si](C)(C)O[Si](C)(C)c1ccc(N)cc1. The van der Waals surface area contributed by atoms with Crippen LogP contribution in [0.4, 0.5) is 11.4 Å². The first kappa shape index (κ1) is 26.2. The fourth-order valence-electron chi connectivity index (χ4n) is 3.68. The molecule has 0 unspecified atom stereocenters. The van der Waals surface area contributed by atoms with Gasteiger partial charge >= 0.3 is 25.7 Å². The first-order valence-electron chi connectivity index (χ1n) is 10.5. The Hall–Kier alpha value is -1.04. The van der Waals surface area contributed by atoms with Gasteiger partial charge < -0.3 is 27.9 Å². The monoisotopic (exact) mass is 510 g/mol. The molecule has 0 radical (unpaired) electrons. The molecular formula is C20H38N2O4Si5. The summed E-state index contributed by atoms with van der Waals surface area (Å²) >= 11 is 0. The van der Waals surface area contributed by atoms with E-state index in [2.05, 4.69) is 64.5 Å². The Morgan fingerprint density at radius 1 is 0.581 bits per heavy atom. The molecule has 0 atom stereocenters. The van der Waals surface area contributed by atoms with E-state index in [1.165, 1.54) is 10.4 Å². The zero-order valence-electron chi connectivity index (χ0n) is 20.1. The van der Waals surface area contributed by atoms with Gasteiger partial charge in [0.2, 0.25) is 8.32 Å². The lowest BCUT2D eigenvalue weighted by atomic mass is 10.3. The zero-order valence-corrected chi connectivity index (χ0v) is 25.5. The summed E-state index contributed by atoms with van der Waals surface area (Å²) in [5.74, 6) is 0. The average molecular weight is 511 g/mol. The van der Waals surface area contributed by atoms with Gasteiger partial charge in [-0.25, -0.2) is 0 Å². The second-order valence-corrected chi connectivity index (χ2v) is 26.4. The van der Waals surface area contributed by atoms with Crippen molar-refractivity contribution >= 4 is 65.5 Å². The highest BCUT2D eigenvalue weighted by molar-refractivity contribution is 6.93. The molecule has 2 rings (SSSR count). The Morgan fingerprint density at radius 2 is 1.00 bits per heavy atom. The van der Waals surface area contributed by atoms with Crippen molar-refractivity contribution in [2.45, 2.75) is 52.4 Å². The Labute approximate surface area is 194 Å². The number of hydrogen-bond donors (Lipinski definition) is 2. The highest BCUT2D eigenvalue weighted by Crippen LogP contribution is 2.24. The van der Waals surface area contributed by atoms with Crippen LogP contribution in [0.1, 0.15) is 0 Å². The predicted molar refractivity (Wildman–Crippen MR) is 144 cm³/mol. The number of anilines is 2. The summed E-state index contributed by atoms with van der Waals surface area (Å²) in [5, 5.41) is 2.42. The minimum Gasteiger partial charge on any atom is -0.438 e. The van der Waals surface area contributed by atoms with Crippen molar-refractivity contribution in [2.75, 3.05) is 11.5 Å². The quantitative estimate of drug-likeness (QED) is 0.377. The lowest BCUT2D eigenvalue weighted by Crippen LogP contribution is -2.59. The van der Waals surface area contributed by atoms with Gasteiger partial charge in [-0.1, -0.05) is 24.3 Å². The van der Waals surface area contributed by atoms with Crippen molar-refractivity contribution < 1.29 is 16.5 Å². The lowest BCUT2D eigenvalue weighted by molar-refractivity contribution is 0.305. The van der Waals surface area contributed by atoms with Crippen molar-refractivity contribution in [3.05, 3.63) is 48.5 Å². The third-order valence-electron chi connectivity index (χ3n) is 4.66. The van der Waals surface area contributed by atoms with E-state index in [1.54, 1.807) is 0 Å². The molecule has 4 N–H and O–H groups in total. The Kier molecular flexibility index (Phi) is 8.33. The summed E-state index contributed by atoms with van der Waals surface area (Å²) < 4.78 is 26.2. The van der Waals surface area contributed by atoms with Crippen molar-refractivity contribution in [3.63, 3.8) is 0 Å². The topological polar surface area (TPSA) is 89.0 Å². The average Bonchev–Trinajstić information content (AvgIpc) is 2.58. The van der Waals surface area contributed by atoms with Crippen LogP contribution in [0, 0.1) is 0 Å². The Morgan fingerprint density at radius 3 is 1.52 bits per heavy atom. The summed E-state index contributed by atoms with van der Waals surface area (Å²) in [6.45, 7) is 17.0. The zero-order chi connectivity index (χ0) is 23.5. The first-order valence-corrected chi connectivity index (χ1v) is 23.2. The maximum absolute atomic E-state index is 6.68. The molecule has 0 aliphatic heterocycles. The van der Waals surface area contributed by atoms with E-state index in [9.17, 15) is 0 Å². The van der Waals surface area contributed by atoms with Gasteiger partial charge in [0.15, 0.2) is 9.76 Å². The lowest BCUT2D eigenvalue weighted by Gasteiger charge is -2.40. The van der Waals surface area contributed by atoms with Crippen molar-refractivity contribution in [1.82, 2.24) is 0 Å². The number of hydrogen-bond acceptors (Lipinski definition) is 6. The molecule has 0 bridgehead atoms. The molecule has 172 valence electrons. The molecule has 0 saturated carbocycles. The summed E-state index contributed by atoms with van der Waals surface area (Å²) in [5.41, 5.74) is 13.1. The first-order chi connectivity index (χ1) is 14.1. The normalized spacial score (nSPS) is 13.8. The van der Waals surface area contributed by atoms with Gasteiger partial charge in [-0.15, -0.1) is 0 Å². The number of nitrogens with two attached hydrogens (primary N) is 2. The third-order valence-corrected chi connectivity index (χ3v) is 22.4. The van der Waals surface area contributed by atoms with Crippen LogP contribution < -0.4 is 21.8 Å². The molecule has 0 aliphatic carbocycles. The molecule has 0 fully saturated rings. The fourth-order valence-corrected chi connectivity index (χ4v) is 23.8. The molecule has 2 aromatic carbocycles. The maximum atomic E-state index is 6.68. The summed E-state index contributed by atoms with van der Waals surface area (Å²) in [6, 6.07) is 15.9. The van der Waals surface area contributed by atoms with E-state index in [0.717, 1.165) is 11.4 Å². The van der Waals surface area contributed by atoms with Crippen molar-refractivity contribution in [1.29, 1.82) is 0 Å². The molecule has 31 heavy (non-hydrogen) atoms. The van der Waals surface area contributed by atoms with E-state index in [0.29, 0.717) is 0 Å². The highest BCUT2D eigenvalue weighted by atomic mass is 28.5. The van der Waals surface area contributed by atoms with Crippen LogP contribution in [-0.2, 0) is 16.5 Å². The van der Waals surface area contributed by atoms with Crippen LogP contribution in [0.25, 0.3) is 0 Å². The van der Waals surface area contributed by atoms with Crippen molar-refractivity contribution in [2.24, 2.45) is 0 Å². The van der Waals surface area contributed by atoms with Crippen LogP contribution in [-0.4, -0.2) is 43.8 Å². The minimum absolute atomic E-state index is 0.762. The number of benzene rings is 2. The molecule has 0 spiro atoms. The summed E-state index contributed by atoms with van der Waals surface area (Å²) in [6.07, 6.45) is 0. The van der Waals surface area contributed by atoms with E-state index in [1.807, 2.05) is 36.4 Å². The molecule has 0 aromatic heterocycles. The maximum Gasteiger partial charge on any atom is 0.314 e. The fraction of sp³-hybridized carbons (Fsp3) is 0.400. The van der Waals surface area contributed by atoms with Gasteiger partial charge in [0.1, 0.15) is 0 Å². The standard InChI is InChI=1S/C20H38N2O4Si5/c1-28(2,20-15-11-18(22)12-16-20)24-30(5,6)26-31(7,8)25-29(3,4)23-27-19-13-9-17(21)10-14-19/h9-16H,21-22,27H2,1-8H3. The molecule has 0 heterocycles. The van der Waals surface area contributed by atoms with Gasteiger partial charge in [0, 0.05) is 11.4 Å². The Balaban J connectivity index is 1.99. The molecule has 0 saturated heterocycles. The van der Waals surface area contributed by atoms with E-state index < -0.39 is 43.8 Å². The van der Waals surface area contributed by atoms with Gasteiger partial charge in [-0.2, -0.15) is 0 Å².